The molecule has 4 atom stereocenters. The van der Waals surface area contributed by atoms with Gasteiger partial charge in [-0.1, -0.05) is 9.71 Å². The van der Waals surface area contributed by atoms with E-state index in [0.717, 1.165) is 22.9 Å². The maximum atomic E-state index is 13.3. The Morgan fingerprint density at radius 3 is 2.29 bits per heavy atom. The van der Waals surface area contributed by atoms with Gasteiger partial charge in [0.2, 0.25) is 11.2 Å². The molecule has 2 aromatic heterocycles. The van der Waals surface area contributed by atoms with Gasteiger partial charge in [-0.15, -0.1) is 10.2 Å². The largest absolute Gasteiger partial charge is 0.394 e. The Morgan fingerprint density at radius 2 is 1.74 bits per heavy atom. The van der Waals surface area contributed by atoms with Crippen LogP contribution in [-0.4, -0.2) is 54.8 Å². The lowest BCUT2D eigenvalue weighted by Crippen LogP contribution is -2.68. The monoisotopic (exact) mass is 509 g/mol. The molecule has 17 heteroatoms. The van der Waals surface area contributed by atoms with Crippen LogP contribution in [0.2, 0.25) is 0 Å². The summed E-state index contributed by atoms with van der Waals surface area (Å²) in [5.41, 5.74) is 6.77. The van der Waals surface area contributed by atoms with Gasteiger partial charge in [0.1, 0.15) is 36.3 Å². The molecular formula is C17H18ClF2N5O9. The van der Waals surface area contributed by atoms with Crippen LogP contribution in [0.4, 0.5) is 14.6 Å². The fourth-order valence-electron chi connectivity index (χ4n) is 3.17. The van der Waals surface area contributed by atoms with E-state index in [2.05, 4.69) is 9.97 Å². The van der Waals surface area contributed by atoms with E-state index >= 15 is 0 Å². The molecule has 4 rings (SSSR count). The van der Waals surface area contributed by atoms with Crippen LogP contribution in [0.1, 0.15) is 11.8 Å². The summed E-state index contributed by atoms with van der Waals surface area (Å²) < 4.78 is 68.5. The van der Waals surface area contributed by atoms with Crippen LogP contribution >= 0.6 is 0 Å². The van der Waals surface area contributed by atoms with Crippen molar-refractivity contribution in [1.82, 2.24) is 14.5 Å². The molecule has 0 amide bonds. The Bertz CT molecular complexity index is 1120. The fourth-order valence-corrected chi connectivity index (χ4v) is 3.17. The Morgan fingerprint density at radius 1 is 1.12 bits per heavy atom. The molecule has 0 spiro atoms. The molecule has 1 saturated heterocycles. The number of imidazole rings is 1. The number of benzene rings is 1. The van der Waals surface area contributed by atoms with E-state index in [0.29, 0.717) is 0 Å². The van der Waals surface area contributed by atoms with Gasteiger partial charge in [-0.2, -0.15) is 0 Å². The summed E-state index contributed by atoms with van der Waals surface area (Å²) >= 11 is 0. The minimum Gasteiger partial charge on any atom is -0.394 e. The van der Waals surface area contributed by atoms with Crippen LogP contribution in [0.3, 0.4) is 0 Å². The third-order valence-corrected chi connectivity index (χ3v) is 4.62. The highest BCUT2D eigenvalue weighted by Crippen LogP contribution is 2.31. The van der Waals surface area contributed by atoms with Gasteiger partial charge >= 0.3 is 0 Å². The van der Waals surface area contributed by atoms with E-state index in [1.165, 1.54) is 17.2 Å². The van der Waals surface area contributed by atoms with Crippen molar-refractivity contribution in [3.8, 4) is 0 Å². The number of nitrogen functional groups attached to an aromatic ring is 1. The van der Waals surface area contributed by atoms with Gasteiger partial charge in [0, 0.05) is 6.07 Å². The minimum atomic E-state index is -4.94. The lowest BCUT2D eigenvalue weighted by Gasteiger charge is -2.17. The topological polar surface area (TPSA) is 232 Å². The van der Waals surface area contributed by atoms with Crippen molar-refractivity contribution in [2.75, 3.05) is 12.3 Å². The van der Waals surface area contributed by atoms with Crippen molar-refractivity contribution in [2.24, 2.45) is 0 Å². The van der Waals surface area contributed by atoms with Gasteiger partial charge in [0.15, 0.2) is 12.8 Å². The third kappa shape index (κ3) is 6.00. The van der Waals surface area contributed by atoms with E-state index in [1.807, 2.05) is 0 Å². The summed E-state index contributed by atoms with van der Waals surface area (Å²) in [6.07, 6.45) is -2.00. The second-order valence-corrected chi connectivity index (χ2v) is 7.69. The second kappa shape index (κ2) is 10.2. The Labute approximate surface area is 191 Å². The number of hydrogen-bond acceptors (Lipinski definition) is 12. The summed E-state index contributed by atoms with van der Waals surface area (Å²) in [5, 5.41) is 29.3. The number of nitrogens with two attached hydrogens (primary N) is 1. The number of aliphatic hydroxyl groups excluding tert-OH is 3. The number of aromatic nitrogens is 4. The van der Waals surface area contributed by atoms with Gasteiger partial charge in [0.05, 0.1) is 6.61 Å². The molecule has 3 aromatic rings. The molecule has 1 aliphatic rings. The van der Waals surface area contributed by atoms with Crippen LogP contribution in [0.5, 0.6) is 0 Å². The maximum Gasteiger partial charge on any atom is 0.289 e. The average molecular weight is 510 g/mol. The normalized spacial score (nSPS) is 22.5. The second-order valence-electron chi connectivity index (χ2n) is 6.94. The molecule has 3 heterocycles. The number of fused-ring (bicyclic) bond motifs is 1. The number of rotatable bonds is 5. The highest BCUT2D eigenvalue weighted by molar-refractivity contribution is 5.79. The van der Waals surface area contributed by atoms with Crippen molar-refractivity contribution in [1.29, 1.82) is 0 Å². The van der Waals surface area contributed by atoms with Crippen molar-refractivity contribution in [3.05, 3.63) is 48.1 Å². The van der Waals surface area contributed by atoms with E-state index in [1.54, 1.807) is 0 Å². The van der Waals surface area contributed by atoms with Gasteiger partial charge in [0.25, 0.3) is 12.1 Å². The fraction of sp³-hybridized carbons (Fsp3) is 0.353. The Kier molecular flexibility index (Phi) is 7.76. The van der Waals surface area contributed by atoms with E-state index in [9.17, 15) is 24.1 Å². The van der Waals surface area contributed by atoms with E-state index in [4.69, 9.17) is 33.9 Å². The molecule has 0 unspecified atom stereocenters. The molecule has 1 aromatic carbocycles. The SMILES string of the molecule is Nc1c2ncn([C@@H]3O[C@H](CO)[C@@H](O)[C@H]3O)c2nc[n+]1OCc1cc(F)cc(F)c1.[O-][Cl+3]([O-])([O-])[O-]. The van der Waals surface area contributed by atoms with Crippen LogP contribution in [0, 0.1) is 21.9 Å². The molecular weight excluding hydrogens is 492 g/mol. The zero-order valence-electron chi connectivity index (χ0n) is 16.9. The molecule has 14 nitrogen and oxygen atoms in total. The molecule has 0 aliphatic carbocycles. The maximum absolute atomic E-state index is 13.3. The number of nitrogens with zero attached hydrogens (tertiary/aromatic N) is 4. The lowest BCUT2D eigenvalue weighted by atomic mass is 10.1. The standard InChI is InChI=1S/C17H17F2N5O5.ClHO4/c18-9-1-8(2-10(19)3-9)5-28-24-7-22-16-12(15(24)20)21-6-23(16)17-14(27)13(26)11(4-25)29-17;2-1(3,4)5/h1-3,6-7,11,13-14,17,20,25-27H,4-5H2;(H,2,3,4,5)/t11-,13-,14-,17-;/m1./s1. The quantitative estimate of drug-likeness (QED) is 0.235. The van der Waals surface area contributed by atoms with Gasteiger partial charge in [-0.25, -0.2) is 32.4 Å². The molecule has 0 saturated carbocycles. The van der Waals surface area contributed by atoms with E-state index < -0.39 is 53.0 Å². The number of halogens is 3. The van der Waals surface area contributed by atoms with Crippen LogP contribution in [0.25, 0.3) is 11.2 Å². The smallest absolute Gasteiger partial charge is 0.289 e. The van der Waals surface area contributed by atoms with Crippen LogP contribution in [0.15, 0.2) is 30.9 Å². The zero-order valence-corrected chi connectivity index (χ0v) is 17.7. The first-order valence-corrected chi connectivity index (χ1v) is 10.5. The lowest BCUT2D eigenvalue weighted by molar-refractivity contribution is -2.00. The number of anilines is 1. The van der Waals surface area contributed by atoms with Crippen LogP contribution < -0.4 is 33.9 Å². The summed E-state index contributed by atoms with van der Waals surface area (Å²) in [7, 11) is -4.94. The molecule has 1 fully saturated rings. The number of ether oxygens (including phenoxy) is 1. The van der Waals surface area contributed by atoms with Gasteiger partial charge in [-0.05, 0) is 17.7 Å². The van der Waals surface area contributed by atoms with Gasteiger partial charge < -0.3 is 30.6 Å². The first-order valence-electron chi connectivity index (χ1n) is 9.24. The van der Waals surface area contributed by atoms with Crippen molar-refractivity contribution < 1.29 is 67.3 Å². The molecule has 1 aliphatic heterocycles. The molecule has 0 radical (unpaired) electrons. The van der Waals surface area contributed by atoms with Crippen molar-refractivity contribution in [2.45, 2.75) is 31.1 Å². The van der Waals surface area contributed by atoms with Crippen LogP contribution in [-0.2, 0) is 11.3 Å². The number of hydrogen-bond donors (Lipinski definition) is 4. The molecule has 34 heavy (non-hydrogen) atoms. The predicted molar refractivity (Wildman–Crippen MR) is 91.8 cm³/mol. The number of aliphatic hydroxyl groups is 3. The highest BCUT2D eigenvalue weighted by atomic mass is 35.7. The Balaban J connectivity index is 0.000000588. The molecule has 5 N–H and O–H groups in total. The summed E-state index contributed by atoms with van der Waals surface area (Å²) in [4.78, 5) is 13.8. The third-order valence-electron chi connectivity index (χ3n) is 4.62. The average Bonchev–Trinajstić information content (AvgIpc) is 3.27. The molecule has 0 bridgehead atoms. The zero-order chi connectivity index (χ0) is 25.2. The minimum absolute atomic E-state index is 0.0531. The van der Waals surface area contributed by atoms with Gasteiger partial charge in [-0.3, -0.25) is 4.57 Å². The van der Waals surface area contributed by atoms with Crippen molar-refractivity contribution >= 4 is 17.0 Å². The first kappa shape index (κ1) is 25.8. The van der Waals surface area contributed by atoms with E-state index in [-0.39, 0.29) is 29.2 Å². The summed E-state index contributed by atoms with van der Waals surface area (Å²) in [5.74, 6) is -1.41. The van der Waals surface area contributed by atoms with Crippen molar-refractivity contribution in [3.63, 3.8) is 0 Å². The highest BCUT2D eigenvalue weighted by Gasteiger charge is 2.44. The Hall–Kier alpha value is -2.80. The summed E-state index contributed by atoms with van der Waals surface area (Å²) in [6, 6.07) is 3.01. The predicted octanol–water partition coefficient (Wildman–Crippen LogP) is -5.94. The first-order chi connectivity index (χ1) is 15.9. The summed E-state index contributed by atoms with van der Waals surface area (Å²) in [6.45, 7) is -0.641. The molecule has 186 valence electrons.